The van der Waals surface area contributed by atoms with Gasteiger partial charge >= 0.3 is 5.97 Å². The van der Waals surface area contributed by atoms with Crippen molar-refractivity contribution < 1.29 is 18.7 Å². The lowest BCUT2D eigenvalue weighted by molar-refractivity contribution is 0.0733. The molecule has 1 N–H and O–H groups in total. The Kier molecular flexibility index (Phi) is 4.62. The number of amides is 1. The van der Waals surface area contributed by atoms with Crippen molar-refractivity contribution >= 4 is 28.9 Å². The third kappa shape index (κ3) is 3.82. The number of halogens is 1. The number of anilines is 1. The Morgan fingerprint density at radius 2 is 1.88 bits per heavy atom. The molecule has 24 heavy (non-hydrogen) atoms. The van der Waals surface area contributed by atoms with Gasteiger partial charge in [0.25, 0.3) is 5.91 Å². The molecule has 0 radical (unpaired) electrons. The number of ether oxygens (including phenoxy) is 1. The van der Waals surface area contributed by atoms with E-state index in [0.717, 1.165) is 6.07 Å². The number of carbonyl (C=O) groups excluding carboxylic acids is 2. The average molecular weight is 342 g/mol. The van der Waals surface area contributed by atoms with Gasteiger partial charge in [-0.3, -0.25) is 4.79 Å². The third-order valence-electron chi connectivity index (χ3n) is 3.07. The van der Waals surface area contributed by atoms with Gasteiger partial charge in [0.1, 0.15) is 5.75 Å². The monoisotopic (exact) mass is 342 g/mol. The second-order valence-electron chi connectivity index (χ2n) is 4.75. The molecular weight excluding hydrogens is 331 g/mol. The molecule has 5 nitrogen and oxygen atoms in total. The molecule has 0 unspecified atom stereocenters. The summed E-state index contributed by atoms with van der Waals surface area (Å²) in [4.78, 5) is 27.2. The Balaban J connectivity index is 1.64. The van der Waals surface area contributed by atoms with Crippen molar-refractivity contribution in [3.8, 4) is 5.75 Å². The van der Waals surface area contributed by atoms with Crippen LogP contribution in [0.25, 0.3) is 0 Å². The van der Waals surface area contributed by atoms with Gasteiger partial charge in [0.05, 0.1) is 11.1 Å². The summed E-state index contributed by atoms with van der Waals surface area (Å²) in [7, 11) is 0. The summed E-state index contributed by atoms with van der Waals surface area (Å²) in [5.41, 5.74) is 1.22. The maximum Gasteiger partial charge on any atom is 0.343 e. The molecule has 7 heteroatoms. The third-order valence-corrected chi connectivity index (χ3v) is 3.75. The summed E-state index contributed by atoms with van der Waals surface area (Å²) in [5, 5.41) is 6.30. The summed E-state index contributed by atoms with van der Waals surface area (Å²) >= 11 is 1.44. The van der Waals surface area contributed by atoms with Crippen LogP contribution in [0.2, 0.25) is 0 Å². The van der Waals surface area contributed by atoms with Gasteiger partial charge < -0.3 is 10.1 Å². The van der Waals surface area contributed by atoms with E-state index >= 15 is 0 Å². The standard InChI is InChI=1S/C17H11FN2O3S/c18-15-9-11(5-7-19-15)17(22)23-14-3-1-13(2-4-14)20-16(21)12-6-8-24-10-12/h1-10H,(H,20,21). The number of hydrogen-bond donors (Lipinski definition) is 1. The molecule has 3 aromatic rings. The number of nitrogens with zero attached hydrogens (tertiary/aromatic N) is 1. The highest BCUT2D eigenvalue weighted by molar-refractivity contribution is 7.08. The van der Waals surface area contributed by atoms with Gasteiger partial charge in [-0.25, -0.2) is 9.78 Å². The van der Waals surface area contributed by atoms with Crippen molar-refractivity contribution in [3.05, 3.63) is 76.5 Å². The fourth-order valence-electron chi connectivity index (χ4n) is 1.90. The fraction of sp³-hybridized carbons (Fsp3) is 0. The molecule has 3 rings (SSSR count). The lowest BCUT2D eigenvalue weighted by Gasteiger charge is -2.07. The van der Waals surface area contributed by atoms with Crippen LogP contribution in [0.15, 0.2) is 59.4 Å². The number of pyridine rings is 1. The van der Waals surface area contributed by atoms with Gasteiger partial charge in [-0.15, -0.1) is 0 Å². The molecule has 2 heterocycles. The normalized spacial score (nSPS) is 10.2. The summed E-state index contributed by atoms with van der Waals surface area (Å²) in [5.74, 6) is -1.37. The first-order valence-electron chi connectivity index (χ1n) is 6.89. The number of nitrogens with one attached hydrogen (secondary N) is 1. The molecule has 0 aliphatic rings. The van der Waals surface area contributed by atoms with Crippen molar-refractivity contribution in [2.45, 2.75) is 0 Å². The first-order valence-corrected chi connectivity index (χ1v) is 7.83. The molecule has 1 amide bonds. The minimum absolute atomic E-state index is 0.0670. The predicted octanol–water partition coefficient (Wildman–Crippen LogP) is 3.75. The van der Waals surface area contributed by atoms with E-state index < -0.39 is 11.9 Å². The summed E-state index contributed by atoms with van der Waals surface area (Å²) < 4.78 is 18.1. The van der Waals surface area contributed by atoms with Gasteiger partial charge in [0.15, 0.2) is 0 Å². The van der Waals surface area contributed by atoms with Crippen LogP contribution in [0.5, 0.6) is 5.75 Å². The molecule has 0 aliphatic carbocycles. The van der Waals surface area contributed by atoms with Crippen LogP contribution in [-0.4, -0.2) is 16.9 Å². The molecule has 120 valence electrons. The molecule has 2 aromatic heterocycles. The van der Waals surface area contributed by atoms with E-state index in [-0.39, 0.29) is 17.2 Å². The van der Waals surface area contributed by atoms with Crippen LogP contribution in [0.1, 0.15) is 20.7 Å². The first kappa shape index (κ1) is 15.8. The van der Waals surface area contributed by atoms with E-state index in [1.807, 2.05) is 5.38 Å². The lowest BCUT2D eigenvalue weighted by atomic mass is 10.2. The number of rotatable bonds is 4. The van der Waals surface area contributed by atoms with E-state index in [4.69, 9.17) is 4.74 Å². The van der Waals surface area contributed by atoms with Crippen LogP contribution in [0.3, 0.4) is 0 Å². The van der Waals surface area contributed by atoms with Gasteiger partial charge in [-0.2, -0.15) is 15.7 Å². The lowest BCUT2D eigenvalue weighted by Crippen LogP contribution is -2.11. The fourth-order valence-corrected chi connectivity index (χ4v) is 2.53. The Hall–Kier alpha value is -3.06. The molecule has 0 saturated carbocycles. The molecule has 1 aromatic carbocycles. The van der Waals surface area contributed by atoms with Gasteiger partial charge in [0, 0.05) is 23.3 Å². The quantitative estimate of drug-likeness (QED) is 0.445. The van der Waals surface area contributed by atoms with E-state index in [9.17, 15) is 14.0 Å². The highest BCUT2D eigenvalue weighted by atomic mass is 32.1. The van der Waals surface area contributed by atoms with Crippen LogP contribution in [-0.2, 0) is 0 Å². The number of hydrogen-bond acceptors (Lipinski definition) is 5. The minimum atomic E-state index is -0.754. The van der Waals surface area contributed by atoms with Crippen molar-refractivity contribution in [2.24, 2.45) is 0 Å². The van der Waals surface area contributed by atoms with Crippen LogP contribution >= 0.6 is 11.3 Å². The molecule has 0 fully saturated rings. The number of aromatic nitrogens is 1. The van der Waals surface area contributed by atoms with Crippen LogP contribution in [0.4, 0.5) is 10.1 Å². The highest BCUT2D eigenvalue weighted by Gasteiger charge is 2.10. The Morgan fingerprint density at radius 1 is 1.08 bits per heavy atom. The van der Waals surface area contributed by atoms with Gasteiger partial charge in [0.2, 0.25) is 5.95 Å². The van der Waals surface area contributed by atoms with Crippen LogP contribution < -0.4 is 10.1 Å². The Bertz CT molecular complexity index is 864. The average Bonchev–Trinajstić information content (AvgIpc) is 3.11. The largest absolute Gasteiger partial charge is 0.423 e. The van der Waals surface area contributed by atoms with Crippen molar-refractivity contribution in [1.29, 1.82) is 0 Å². The minimum Gasteiger partial charge on any atom is -0.423 e. The predicted molar refractivity (Wildman–Crippen MR) is 87.9 cm³/mol. The zero-order chi connectivity index (χ0) is 16.9. The Labute approximate surface area is 140 Å². The molecule has 0 saturated heterocycles. The van der Waals surface area contributed by atoms with E-state index in [0.29, 0.717) is 11.3 Å². The summed E-state index contributed by atoms with van der Waals surface area (Å²) in [6.07, 6.45) is 1.19. The van der Waals surface area contributed by atoms with E-state index in [1.54, 1.807) is 35.7 Å². The zero-order valence-electron chi connectivity index (χ0n) is 12.2. The number of esters is 1. The zero-order valence-corrected chi connectivity index (χ0v) is 13.0. The number of carbonyl (C=O) groups is 2. The van der Waals surface area contributed by atoms with E-state index in [2.05, 4.69) is 10.3 Å². The summed E-state index contributed by atoms with van der Waals surface area (Å²) in [6.45, 7) is 0. The highest BCUT2D eigenvalue weighted by Crippen LogP contribution is 2.18. The number of benzene rings is 1. The van der Waals surface area contributed by atoms with E-state index in [1.165, 1.54) is 23.6 Å². The van der Waals surface area contributed by atoms with Crippen LogP contribution in [0, 0.1) is 5.95 Å². The van der Waals surface area contributed by atoms with Gasteiger partial charge in [-0.05, 0) is 41.8 Å². The number of thiophene rings is 1. The smallest absolute Gasteiger partial charge is 0.343 e. The van der Waals surface area contributed by atoms with Crippen molar-refractivity contribution in [3.63, 3.8) is 0 Å². The maximum absolute atomic E-state index is 13.0. The second-order valence-corrected chi connectivity index (χ2v) is 5.53. The van der Waals surface area contributed by atoms with Crippen molar-refractivity contribution in [2.75, 3.05) is 5.32 Å². The summed E-state index contributed by atoms with van der Waals surface area (Å²) in [6, 6.07) is 10.4. The molecule has 0 atom stereocenters. The van der Waals surface area contributed by atoms with Crippen molar-refractivity contribution in [1.82, 2.24) is 4.98 Å². The topological polar surface area (TPSA) is 68.3 Å². The molecular formula is C17H11FN2O3S. The molecule has 0 aliphatic heterocycles. The first-order chi connectivity index (χ1) is 11.6. The SMILES string of the molecule is O=C(Nc1ccc(OC(=O)c2ccnc(F)c2)cc1)c1ccsc1. The second kappa shape index (κ2) is 7.01. The molecule has 0 spiro atoms. The maximum atomic E-state index is 13.0. The Morgan fingerprint density at radius 3 is 2.54 bits per heavy atom. The van der Waals surface area contributed by atoms with Gasteiger partial charge in [-0.1, -0.05) is 0 Å². The molecule has 0 bridgehead atoms.